The lowest BCUT2D eigenvalue weighted by Crippen LogP contribution is -2.14. The topological polar surface area (TPSA) is 34.0 Å². The van der Waals surface area contributed by atoms with Crippen LogP contribution >= 0.6 is 0 Å². The van der Waals surface area contributed by atoms with Gasteiger partial charge in [0.15, 0.2) is 0 Å². The predicted molar refractivity (Wildman–Crippen MR) is 39.2 cm³/mol. The minimum atomic E-state index is 0.716. The molecule has 0 bridgehead atoms. The van der Waals surface area contributed by atoms with Gasteiger partial charge in [0.1, 0.15) is 0 Å². The second kappa shape index (κ2) is 2.25. The summed E-state index contributed by atoms with van der Waals surface area (Å²) in [7, 11) is 0. The SMILES string of the molecule is C1=NOC2=NCCC=C2C1. The van der Waals surface area contributed by atoms with E-state index in [9.17, 15) is 0 Å². The van der Waals surface area contributed by atoms with Crippen LogP contribution in [0, 0.1) is 0 Å². The molecule has 0 saturated carbocycles. The Kier molecular flexibility index (Phi) is 1.27. The van der Waals surface area contributed by atoms with Gasteiger partial charge < -0.3 is 4.84 Å². The third-order valence-electron chi connectivity index (χ3n) is 1.57. The van der Waals surface area contributed by atoms with E-state index in [-0.39, 0.29) is 0 Å². The van der Waals surface area contributed by atoms with E-state index in [2.05, 4.69) is 16.2 Å². The lowest BCUT2D eigenvalue weighted by Gasteiger charge is -2.13. The maximum absolute atomic E-state index is 4.93. The largest absolute Gasteiger partial charge is 0.337 e. The number of hydrogen-bond acceptors (Lipinski definition) is 3. The average Bonchev–Trinajstić information content (AvgIpc) is 2.05. The number of oxime groups is 1. The van der Waals surface area contributed by atoms with Crippen LogP contribution < -0.4 is 0 Å². The summed E-state index contributed by atoms with van der Waals surface area (Å²) in [6, 6.07) is 0. The first-order valence-electron chi connectivity index (χ1n) is 3.39. The van der Waals surface area contributed by atoms with Gasteiger partial charge in [-0.05, 0) is 6.42 Å². The number of hydrogen-bond donors (Lipinski definition) is 0. The molecule has 0 unspecified atom stereocenters. The van der Waals surface area contributed by atoms with Gasteiger partial charge in [0.2, 0.25) is 5.90 Å². The van der Waals surface area contributed by atoms with Crippen LogP contribution in [-0.4, -0.2) is 18.7 Å². The average molecular weight is 136 g/mol. The van der Waals surface area contributed by atoms with Crippen LogP contribution in [0.4, 0.5) is 0 Å². The van der Waals surface area contributed by atoms with Crippen LogP contribution in [-0.2, 0) is 4.84 Å². The molecule has 0 saturated heterocycles. The number of fused-ring (bicyclic) bond motifs is 1. The van der Waals surface area contributed by atoms with E-state index in [1.807, 2.05) is 0 Å². The zero-order valence-electron chi connectivity index (χ0n) is 5.58. The van der Waals surface area contributed by atoms with Crippen molar-refractivity contribution in [3.8, 4) is 0 Å². The number of aliphatic imine (C=N–C) groups is 1. The Morgan fingerprint density at radius 3 is 3.40 bits per heavy atom. The molecule has 0 aliphatic carbocycles. The Balaban J connectivity index is 2.30. The highest BCUT2D eigenvalue weighted by Crippen LogP contribution is 2.14. The van der Waals surface area contributed by atoms with Gasteiger partial charge in [-0.1, -0.05) is 11.2 Å². The maximum Gasteiger partial charge on any atom is 0.247 e. The highest BCUT2D eigenvalue weighted by molar-refractivity contribution is 5.98. The Hall–Kier alpha value is -1.12. The zero-order valence-corrected chi connectivity index (χ0v) is 5.58. The van der Waals surface area contributed by atoms with E-state index in [1.54, 1.807) is 6.21 Å². The molecule has 10 heavy (non-hydrogen) atoms. The van der Waals surface area contributed by atoms with E-state index < -0.39 is 0 Å². The smallest absolute Gasteiger partial charge is 0.247 e. The molecule has 0 aromatic carbocycles. The normalized spacial score (nSPS) is 22.4. The van der Waals surface area contributed by atoms with Crippen LogP contribution in [0.3, 0.4) is 0 Å². The fourth-order valence-electron chi connectivity index (χ4n) is 1.07. The van der Waals surface area contributed by atoms with Gasteiger partial charge in [-0.25, -0.2) is 4.99 Å². The maximum atomic E-state index is 4.93. The van der Waals surface area contributed by atoms with Gasteiger partial charge in [0.25, 0.3) is 0 Å². The third kappa shape index (κ3) is 0.835. The first kappa shape index (κ1) is 5.65. The van der Waals surface area contributed by atoms with Crippen molar-refractivity contribution in [1.29, 1.82) is 0 Å². The van der Waals surface area contributed by atoms with E-state index in [0.29, 0.717) is 5.90 Å². The van der Waals surface area contributed by atoms with E-state index in [4.69, 9.17) is 4.84 Å². The van der Waals surface area contributed by atoms with Crippen molar-refractivity contribution in [1.82, 2.24) is 0 Å². The van der Waals surface area contributed by atoms with Crippen molar-refractivity contribution in [3.63, 3.8) is 0 Å². The summed E-state index contributed by atoms with van der Waals surface area (Å²) in [4.78, 5) is 9.10. The van der Waals surface area contributed by atoms with Crippen molar-refractivity contribution < 1.29 is 4.84 Å². The van der Waals surface area contributed by atoms with Crippen LogP contribution in [0.1, 0.15) is 12.8 Å². The molecule has 2 aliphatic rings. The van der Waals surface area contributed by atoms with Crippen molar-refractivity contribution in [2.75, 3.05) is 6.54 Å². The Labute approximate surface area is 59.1 Å². The van der Waals surface area contributed by atoms with Gasteiger partial charge in [-0.15, -0.1) is 0 Å². The van der Waals surface area contributed by atoms with Crippen molar-refractivity contribution in [3.05, 3.63) is 11.6 Å². The summed E-state index contributed by atoms with van der Waals surface area (Å²) >= 11 is 0. The molecule has 0 fully saturated rings. The van der Waals surface area contributed by atoms with Crippen LogP contribution in [0.5, 0.6) is 0 Å². The standard InChI is InChI=1S/C7H8N2O/c1-2-6-3-5-9-10-7(6)8-4-1/h2,5H,1,3-4H2. The third-order valence-corrected chi connectivity index (χ3v) is 1.57. The summed E-state index contributed by atoms with van der Waals surface area (Å²) in [5, 5.41) is 3.66. The molecule has 0 radical (unpaired) electrons. The van der Waals surface area contributed by atoms with Gasteiger partial charge >= 0.3 is 0 Å². The highest BCUT2D eigenvalue weighted by atomic mass is 16.6. The molecule has 3 nitrogen and oxygen atoms in total. The van der Waals surface area contributed by atoms with Crippen molar-refractivity contribution >= 4 is 12.1 Å². The second-order valence-electron chi connectivity index (χ2n) is 2.29. The molecule has 0 aromatic heterocycles. The molecule has 3 heteroatoms. The molecule has 0 atom stereocenters. The fourth-order valence-corrected chi connectivity index (χ4v) is 1.07. The highest BCUT2D eigenvalue weighted by Gasteiger charge is 2.13. The zero-order chi connectivity index (χ0) is 6.81. The van der Waals surface area contributed by atoms with Crippen LogP contribution in [0.15, 0.2) is 21.8 Å². The summed E-state index contributed by atoms with van der Waals surface area (Å²) in [5.41, 5.74) is 1.18. The molecular weight excluding hydrogens is 128 g/mol. The molecular formula is C7H8N2O. The lowest BCUT2D eigenvalue weighted by atomic mass is 10.1. The molecule has 2 aliphatic heterocycles. The summed E-state index contributed by atoms with van der Waals surface area (Å²) in [6.07, 6.45) is 5.83. The fraction of sp³-hybridized carbons (Fsp3) is 0.429. The van der Waals surface area contributed by atoms with Gasteiger partial charge in [-0.2, -0.15) is 0 Å². The minimum absolute atomic E-state index is 0.716. The summed E-state index contributed by atoms with van der Waals surface area (Å²) < 4.78 is 0. The van der Waals surface area contributed by atoms with Crippen LogP contribution in [0.25, 0.3) is 0 Å². The molecule has 2 rings (SSSR count). The summed E-state index contributed by atoms with van der Waals surface area (Å²) in [6.45, 7) is 0.842. The molecule has 0 N–H and O–H groups in total. The van der Waals surface area contributed by atoms with Gasteiger partial charge in [0.05, 0.1) is 0 Å². The van der Waals surface area contributed by atoms with E-state index in [0.717, 1.165) is 19.4 Å². The Morgan fingerprint density at radius 1 is 1.50 bits per heavy atom. The van der Waals surface area contributed by atoms with Crippen LogP contribution in [0.2, 0.25) is 0 Å². The quantitative estimate of drug-likeness (QED) is 0.491. The van der Waals surface area contributed by atoms with Crippen molar-refractivity contribution in [2.24, 2.45) is 10.1 Å². The first-order chi connectivity index (χ1) is 4.97. The van der Waals surface area contributed by atoms with Gasteiger partial charge in [0, 0.05) is 24.8 Å². The lowest BCUT2D eigenvalue weighted by molar-refractivity contribution is 0.321. The summed E-state index contributed by atoms with van der Waals surface area (Å²) in [5.74, 6) is 0.716. The number of dihydropyridines is 1. The predicted octanol–water partition coefficient (Wildman–Crippen LogP) is 1.12. The first-order valence-corrected chi connectivity index (χ1v) is 3.39. The molecule has 52 valence electrons. The second-order valence-corrected chi connectivity index (χ2v) is 2.29. The molecule has 0 aromatic rings. The van der Waals surface area contributed by atoms with E-state index in [1.165, 1.54) is 5.57 Å². The number of rotatable bonds is 0. The van der Waals surface area contributed by atoms with Crippen molar-refractivity contribution in [2.45, 2.75) is 12.8 Å². The number of nitrogens with zero attached hydrogens (tertiary/aromatic N) is 2. The monoisotopic (exact) mass is 136 g/mol. The molecule has 0 amide bonds. The van der Waals surface area contributed by atoms with Gasteiger partial charge in [-0.3, -0.25) is 0 Å². The van der Waals surface area contributed by atoms with E-state index >= 15 is 0 Å². The Morgan fingerprint density at radius 2 is 2.50 bits per heavy atom. The minimum Gasteiger partial charge on any atom is -0.337 e. The molecule has 2 heterocycles. The molecule has 0 spiro atoms. The Bertz CT molecular complexity index is 204.